The predicted octanol–water partition coefficient (Wildman–Crippen LogP) is 2.02. The summed E-state index contributed by atoms with van der Waals surface area (Å²) in [7, 11) is 0. The van der Waals surface area contributed by atoms with Gasteiger partial charge in [-0.2, -0.15) is 0 Å². The van der Waals surface area contributed by atoms with E-state index < -0.39 is 47.7 Å². The predicted molar refractivity (Wildman–Crippen MR) is 124 cm³/mol. The van der Waals surface area contributed by atoms with Crippen molar-refractivity contribution in [2.24, 2.45) is 11.3 Å². The van der Waals surface area contributed by atoms with E-state index in [4.69, 9.17) is 16.7 Å². The minimum absolute atomic E-state index is 0.0917. The van der Waals surface area contributed by atoms with E-state index in [-0.39, 0.29) is 28.5 Å². The molecule has 34 heavy (non-hydrogen) atoms. The van der Waals surface area contributed by atoms with Gasteiger partial charge in [0.15, 0.2) is 0 Å². The third kappa shape index (κ3) is 5.41. The van der Waals surface area contributed by atoms with Gasteiger partial charge in [0.2, 0.25) is 11.8 Å². The van der Waals surface area contributed by atoms with Gasteiger partial charge in [0.25, 0.3) is 5.91 Å². The zero-order valence-corrected chi connectivity index (χ0v) is 20.2. The summed E-state index contributed by atoms with van der Waals surface area (Å²) >= 11 is 6.16. The molecule has 1 aromatic carbocycles. The Hall–Kier alpha value is -2.94. The number of piperidine rings is 1. The van der Waals surface area contributed by atoms with Gasteiger partial charge in [-0.05, 0) is 42.7 Å². The number of halogens is 1. The summed E-state index contributed by atoms with van der Waals surface area (Å²) in [5, 5.41) is 14.5. The lowest BCUT2D eigenvalue weighted by Gasteiger charge is -2.40. The Morgan fingerprint density at radius 3 is 2.44 bits per heavy atom. The molecule has 0 aromatic heterocycles. The first-order chi connectivity index (χ1) is 15.9. The fourth-order valence-corrected chi connectivity index (χ4v) is 5.11. The van der Waals surface area contributed by atoms with Crippen LogP contribution >= 0.6 is 11.6 Å². The topological polar surface area (TPSA) is 133 Å². The van der Waals surface area contributed by atoms with Crippen molar-refractivity contribution in [3.8, 4) is 0 Å². The monoisotopic (exact) mass is 491 g/mol. The van der Waals surface area contributed by atoms with Gasteiger partial charge in [-0.25, -0.2) is 0 Å². The second kappa shape index (κ2) is 10.1. The second-order valence-electron chi connectivity index (χ2n) is 10.0. The standard InChI is InChI=1S/C24H30ClN3O6/c1-24(2,3)20(27-21(32)16-6-4-5-7-17(16)25)23(34)28-15-9-8-13(10-15)19(28)22(33)26-14(12-29)11-18(30)31/h4-7,12-15,19-20H,8-11H2,1-3H3,(H,26,33)(H,27,32)(H,30,31)/t13-,14?,15?,19?,20+/m0/s1. The van der Waals surface area contributed by atoms with Crippen LogP contribution < -0.4 is 10.6 Å². The summed E-state index contributed by atoms with van der Waals surface area (Å²) in [5.74, 6) is -2.74. The van der Waals surface area contributed by atoms with Crippen LogP contribution in [0.4, 0.5) is 0 Å². The molecular formula is C24H30ClN3O6. The number of hydrogen-bond acceptors (Lipinski definition) is 5. The molecule has 2 fully saturated rings. The third-order valence-corrected chi connectivity index (χ3v) is 6.83. The summed E-state index contributed by atoms with van der Waals surface area (Å²) < 4.78 is 0. The molecule has 3 amide bonds. The van der Waals surface area contributed by atoms with Crippen LogP contribution in [0, 0.1) is 11.3 Å². The highest BCUT2D eigenvalue weighted by molar-refractivity contribution is 6.33. The number of hydrogen-bond donors (Lipinski definition) is 3. The van der Waals surface area contributed by atoms with Crippen molar-refractivity contribution < 1.29 is 29.1 Å². The van der Waals surface area contributed by atoms with Gasteiger partial charge < -0.3 is 25.4 Å². The highest BCUT2D eigenvalue weighted by Gasteiger charge is 2.53. The molecule has 1 saturated heterocycles. The maximum atomic E-state index is 13.8. The third-order valence-electron chi connectivity index (χ3n) is 6.50. The highest BCUT2D eigenvalue weighted by Crippen LogP contribution is 2.43. The van der Waals surface area contributed by atoms with E-state index in [1.165, 1.54) is 4.90 Å². The maximum Gasteiger partial charge on any atom is 0.305 e. The molecular weight excluding hydrogens is 462 g/mol. The number of carbonyl (C=O) groups excluding carboxylic acids is 4. The molecule has 1 aromatic rings. The number of aliphatic carboxylic acids is 1. The molecule has 0 spiro atoms. The quantitative estimate of drug-likeness (QED) is 0.476. The number of aldehydes is 1. The lowest BCUT2D eigenvalue weighted by Crippen LogP contribution is -2.61. The SMILES string of the molecule is CC(C)(C)[C@H](NC(=O)c1ccccc1Cl)C(=O)N1C2CC[C@@H](C2)C1C(=O)NC(C=O)CC(=O)O. The van der Waals surface area contributed by atoms with E-state index >= 15 is 0 Å². The van der Waals surface area contributed by atoms with E-state index in [0.717, 1.165) is 12.8 Å². The number of rotatable bonds is 8. The minimum atomic E-state index is -1.21. The number of benzene rings is 1. The van der Waals surface area contributed by atoms with Gasteiger partial charge in [-0.3, -0.25) is 19.2 Å². The smallest absolute Gasteiger partial charge is 0.305 e. The summed E-state index contributed by atoms with van der Waals surface area (Å²) in [5.41, 5.74) is -0.433. The molecule has 184 valence electrons. The summed E-state index contributed by atoms with van der Waals surface area (Å²) in [4.78, 5) is 63.7. The molecule has 1 aliphatic heterocycles. The highest BCUT2D eigenvalue weighted by atomic mass is 35.5. The van der Waals surface area contributed by atoms with Crippen molar-refractivity contribution in [1.82, 2.24) is 15.5 Å². The zero-order valence-electron chi connectivity index (χ0n) is 19.4. The Kier molecular flexibility index (Phi) is 7.65. The van der Waals surface area contributed by atoms with Crippen LogP contribution in [0.5, 0.6) is 0 Å². The Morgan fingerprint density at radius 2 is 1.85 bits per heavy atom. The van der Waals surface area contributed by atoms with Crippen LogP contribution in [0.3, 0.4) is 0 Å². The van der Waals surface area contributed by atoms with E-state index in [9.17, 15) is 24.0 Å². The van der Waals surface area contributed by atoms with E-state index in [0.29, 0.717) is 12.7 Å². The lowest BCUT2D eigenvalue weighted by atomic mass is 9.84. The molecule has 10 heteroatoms. The first-order valence-electron chi connectivity index (χ1n) is 11.3. The average Bonchev–Trinajstić information content (AvgIpc) is 3.37. The van der Waals surface area contributed by atoms with Crippen LogP contribution in [0.25, 0.3) is 0 Å². The Balaban J connectivity index is 1.85. The number of amides is 3. The normalized spacial score (nSPS) is 23.2. The zero-order chi connectivity index (χ0) is 25.2. The van der Waals surface area contributed by atoms with Crippen LogP contribution in [0.2, 0.25) is 5.02 Å². The molecule has 3 N–H and O–H groups in total. The summed E-state index contributed by atoms with van der Waals surface area (Å²) in [6, 6.07) is 3.42. The van der Waals surface area contributed by atoms with Crippen molar-refractivity contribution in [2.45, 2.75) is 70.6 Å². The molecule has 2 bridgehead atoms. The lowest BCUT2D eigenvalue weighted by molar-refractivity contribution is -0.147. The molecule has 1 heterocycles. The van der Waals surface area contributed by atoms with Crippen LogP contribution in [-0.2, 0) is 19.2 Å². The van der Waals surface area contributed by atoms with E-state index in [1.54, 1.807) is 24.3 Å². The van der Waals surface area contributed by atoms with Gasteiger partial charge in [0, 0.05) is 6.04 Å². The Bertz CT molecular complexity index is 991. The van der Waals surface area contributed by atoms with Crippen molar-refractivity contribution >= 4 is 41.6 Å². The number of fused-ring (bicyclic) bond motifs is 2. The van der Waals surface area contributed by atoms with Gasteiger partial charge in [0.05, 0.1) is 23.0 Å². The second-order valence-corrected chi connectivity index (χ2v) is 10.4. The van der Waals surface area contributed by atoms with Crippen LogP contribution in [0.1, 0.15) is 56.8 Å². The maximum absolute atomic E-state index is 13.8. The Labute approximate surface area is 203 Å². The van der Waals surface area contributed by atoms with Gasteiger partial charge in [-0.15, -0.1) is 0 Å². The number of carboxylic acids is 1. The number of carboxylic acid groups (broad SMARTS) is 1. The van der Waals surface area contributed by atoms with Crippen molar-refractivity contribution in [3.63, 3.8) is 0 Å². The van der Waals surface area contributed by atoms with Gasteiger partial charge in [0.1, 0.15) is 18.4 Å². The van der Waals surface area contributed by atoms with Crippen molar-refractivity contribution in [1.29, 1.82) is 0 Å². The summed E-state index contributed by atoms with van der Waals surface area (Å²) in [6.45, 7) is 5.46. The van der Waals surface area contributed by atoms with E-state index in [1.807, 2.05) is 20.8 Å². The molecule has 2 aliphatic rings. The number of nitrogens with zero attached hydrogens (tertiary/aromatic N) is 1. The van der Waals surface area contributed by atoms with Crippen molar-refractivity contribution in [3.05, 3.63) is 34.9 Å². The molecule has 1 aliphatic carbocycles. The molecule has 5 atom stereocenters. The largest absolute Gasteiger partial charge is 0.481 e. The minimum Gasteiger partial charge on any atom is -0.481 e. The Morgan fingerprint density at radius 1 is 1.18 bits per heavy atom. The molecule has 0 radical (unpaired) electrons. The number of nitrogens with one attached hydrogen (secondary N) is 2. The fourth-order valence-electron chi connectivity index (χ4n) is 4.88. The van der Waals surface area contributed by atoms with E-state index in [2.05, 4.69) is 10.6 Å². The van der Waals surface area contributed by atoms with Crippen LogP contribution in [-0.4, -0.2) is 64.2 Å². The van der Waals surface area contributed by atoms with Crippen molar-refractivity contribution in [2.75, 3.05) is 0 Å². The molecule has 9 nitrogen and oxygen atoms in total. The molecule has 1 saturated carbocycles. The molecule has 3 rings (SSSR count). The van der Waals surface area contributed by atoms with Gasteiger partial charge in [-0.1, -0.05) is 44.5 Å². The van der Waals surface area contributed by atoms with Crippen LogP contribution in [0.15, 0.2) is 24.3 Å². The fraction of sp³-hybridized carbons (Fsp3) is 0.542. The first kappa shape index (κ1) is 25.7. The number of carbonyl (C=O) groups is 5. The summed E-state index contributed by atoms with van der Waals surface area (Å²) in [6.07, 6.45) is 1.98. The first-order valence-corrected chi connectivity index (χ1v) is 11.7. The van der Waals surface area contributed by atoms with Gasteiger partial charge >= 0.3 is 5.97 Å². The number of likely N-dealkylation sites (tertiary alicyclic amines) is 1. The molecule has 3 unspecified atom stereocenters. The average molecular weight is 492 g/mol.